The van der Waals surface area contributed by atoms with Gasteiger partial charge in [-0.05, 0) is 43.2 Å². The van der Waals surface area contributed by atoms with E-state index in [9.17, 15) is 8.42 Å². The monoisotopic (exact) mass is 296 g/mol. The number of hydrogen-bond donors (Lipinski definition) is 1. The first kappa shape index (κ1) is 15.3. The highest BCUT2D eigenvalue weighted by molar-refractivity contribution is 7.89. The summed E-state index contributed by atoms with van der Waals surface area (Å²) in [5.74, 6) is 0. The van der Waals surface area contributed by atoms with Crippen LogP contribution in [0.1, 0.15) is 38.7 Å². The van der Waals surface area contributed by atoms with Gasteiger partial charge < -0.3 is 5.73 Å². The number of nitrogens with zero attached hydrogens (tertiary/aromatic N) is 1. The number of anilines is 1. The summed E-state index contributed by atoms with van der Waals surface area (Å²) in [4.78, 5) is 0.278. The molecule has 1 aliphatic rings. The Bertz CT molecular complexity index is 574. The van der Waals surface area contributed by atoms with E-state index in [1.54, 1.807) is 29.4 Å². The Morgan fingerprint density at radius 3 is 2.55 bits per heavy atom. The van der Waals surface area contributed by atoms with E-state index in [1.807, 2.05) is 0 Å². The third-order valence-electron chi connectivity index (χ3n) is 4.14. The van der Waals surface area contributed by atoms with Crippen LogP contribution in [0.2, 0.25) is 0 Å². The van der Waals surface area contributed by atoms with Crippen molar-refractivity contribution in [2.45, 2.75) is 44.9 Å². The van der Waals surface area contributed by atoms with Crippen LogP contribution in [0, 0.1) is 12.3 Å². The maximum atomic E-state index is 12.8. The molecule has 2 N–H and O–H groups in total. The second-order valence-corrected chi connectivity index (χ2v) is 8.29. The summed E-state index contributed by atoms with van der Waals surface area (Å²) in [6, 6.07) is 5.24. The molecule has 1 saturated heterocycles. The fourth-order valence-corrected chi connectivity index (χ4v) is 4.60. The molecule has 1 aliphatic heterocycles. The van der Waals surface area contributed by atoms with Gasteiger partial charge in [0, 0.05) is 13.1 Å². The van der Waals surface area contributed by atoms with Gasteiger partial charge in [-0.2, -0.15) is 4.31 Å². The van der Waals surface area contributed by atoms with Gasteiger partial charge in [-0.15, -0.1) is 0 Å². The van der Waals surface area contributed by atoms with E-state index >= 15 is 0 Å². The first-order valence-corrected chi connectivity index (χ1v) is 8.53. The standard InChI is InChI=1S/C15H24N2O2S/c1-12-6-4-7-13(16)14(12)20(18,19)17-10-5-8-15(2,3)9-11-17/h4,6-7H,5,8-11,16H2,1-3H3. The van der Waals surface area contributed by atoms with Gasteiger partial charge in [0.2, 0.25) is 10.0 Å². The van der Waals surface area contributed by atoms with E-state index in [-0.39, 0.29) is 10.3 Å². The van der Waals surface area contributed by atoms with E-state index in [4.69, 9.17) is 5.73 Å². The summed E-state index contributed by atoms with van der Waals surface area (Å²) in [5.41, 5.74) is 7.17. The summed E-state index contributed by atoms with van der Waals surface area (Å²) in [6.07, 6.45) is 2.85. The van der Waals surface area contributed by atoms with Crippen molar-refractivity contribution in [3.05, 3.63) is 23.8 Å². The zero-order chi connectivity index (χ0) is 15.0. The highest BCUT2D eigenvalue weighted by Crippen LogP contribution is 2.33. The Balaban J connectivity index is 2.36. The number of sulfonamides is 1. The molecule has 0 amide bonds. The van der Waals surface area contributed by atoms with Crippen LogP contribution in [-0.2, 0) is 10.0 Å². The van der Waals surface area contributed by atoms with Gasteiger partial charge in [0.05, 0.1) is 5.69 Å². The highest BCUT2D eigenvalue weighted by atomic mass is 32.2. The lowest BCUT2D eigenvalue weighted by Crippen LogP contribution is -2.33. The van der Waals surface area contributed by atoms with Crippen molar-refractivity contribution < 1.29 is 8.42 Å². The Kier molecular flexibility index (Phi) is 4.12. The minimum Gasteiger partial charge on any atom is -0.398 e. The van der Waals surface area contributed by atoms with Gasteiger partial charge in [-0.3, -0.25) is 0 Å². The molecule has 0 radical (unpaired) electrons. The Morgan fingerprint density at radius 2 is 1.90 bits per heavy atom. The fraction of sp³-hybridized carbons (Fsp3) is 0.600. The highest BCUT2D eigenvalue weighted by Gasteiger charge is 2.32. The predicted octanol–water partition coefficient (Wildman–Crippen LogP) is 2.78. The Labute approximate surface area is 122 Å². The van der Waals surface area contributed by atoms with Crippen LogP contribution in [0.3, 0.4) is 0 Å². The summed E-state index contributed by atoms with van der Waals surface area (Å²) in [6.45, 7) is 7.35. The first-order chi connectivity index (χ1) is 9.24. The Hall–Kier alpha value is -1.07. The molecule has 20 heavy (non-hydrogen) atoms. The number of benzene rings is 1. The van der Waals surface area contributed by atoms with Gasteiger partial charge in [-0.25, -0.2) is 8.42 Å². The van der Waals surface area contributed by atoms with E-state index in [0.29, 0.717) is 24.3 Å². The van der Waals surface area contributed by atoms with E-state index < -0.39 is 10.0 Å². The van der Waals surface area contributed by atoms with Crippen molar-refractivity contribution in [2.24, 2.45) is 5.41 Å². The molecule has 0 saturated carbocycles. The quantitative estimate of drug-likeness (QED) is 0.854. The number of nitrogen functional groups attached to an aromatic ring is 1. The lowest BCUT2D eigenvalue weighted by molar-refractivity contribution is 0.315. The van der Waals surface area contributed by atoms with Crippen molar-refractivity contribution in [1.82, 2.24) is 4.31 Å². The maximum Gasteiger partial charge on any atom is 0.245 e. The SMILES string of the molecule is Cc1cccc(N)c1S(=O)(=O)N1CCCC(C)(C)CC1. The van der Waals surface area contributed by atoms with E-state index in [2.05, 4.69) is 13.8 Å². The molecule has 0 aliphatic carbocycles. The maximum absolute atomic E-state index is 12.8. The normalized spacial score (nSPS) is 20.6. The molecule has 2 rings (SSSR count). The van der Waals surface area contributed by atoms with Crippen LogP contribution in [0.15, 0.2) is 23.1 Å². The van der Waals surface area contributed by atoms with E-state index in [1.165, 1.54) is 0 Å². The van der Waals surface area contributed by atoms with Crippen LogP contribution in [0.25, 0.3) is 0 Å². The molecule has 1 aromatic carbocycles. The van der Waals surface area contributed by atoms with Gasteiger partial charge in [0.1, 0.15) is 4.90 Å². The average Bonchev–Trinajstić information content (AvgIpc) is 2.50. The summed E-state index contributed by atoms with van der Waals surface area (Å²) < 4.78 is 27.3. The van der Waals surface area contributed by atoms with Gasteiger partial charge in [0.15, 0.2) is 0 Å². The largest absolute Gasteiger partial charge is 0.398 e. The molecule has 0 bridgehead atoms. The predicted molar refractivity (Wildman–Crippen MR) is 82.0 cm³/mol. The smallest absolute Gasteiger partial charge is 0.245 e. The summed E-state index contributed by atoms with van der Waals surface area (Å²) >= 11 is 0. The Morgan fingerprint density at radius 1 is 1.20 bits per heavy atom. The minimum atomic E-state index is -3.49. The van der Waals surface area contributed by atoms with Crippen LogP contribution < -0.4 is 5.73 Å². The van der Waals surface area contributed by atoms with Crippen LogP contribution in [0.4, 0.5) is 5.69 Å². The number of nitrogens with two attached hydrogens (primary N) is 1. The number of hydrogen-bond acceptors (Lipinski definition) is 3. The molecule has 0 spiro atoms. The minimum absolute atomic E-state index is 0.210. The van der Waals surface area contributed by atoms with Crippen LogP contribution in [-0.4, -0.2) is 25.8 Å². The van der Waals surface area contributed by atoms with Crippen molar-refractivity contribution in [2.75, 3.05) is 18.8 Å². The molecule has 1 heterocycles. The molecule has 4 nitrogen and oxygen atoms in total. The molecule has 0 atom stereocenters. The second-order valence-electron chi connectivity index (χ2n) is 6.42. The van der Waals surface area contributed by atoms with Gasteiger partial charge >= 0.3 is 0 Å². The average molecular weight is 296 g/mol. The lowest BCUT2D eigenvalue weighted by atomic mass is 9.85. The zero-order valence-corrected chi connectivity index (χ0v) is 13.3. The van der Waals surface area contributed by atoms with Crippen molar-refractivity contribution in [3.8, 4) is 0 Å². The molecule has 0 aromatic heterocycles. The van der Waals surface area contributed by atoms with Gasteiger partial charge in [-0.1, -0.05) is 26.0 Å². The summed E-state index contributed by atoms with van der Waals surface area (Å²) in [5, 5.41) is 0. The summed E-state index contributed by atoms with van der Waals surface area (Å²) in [7, 11) is -3.49. The molecular weight excluding hydrogens is 272 g/mol. The molecule has 0 unspecified atom stereocenters. The van der Waals surface area contributed by atoms with Crippen molar-refractivity contribution in [1.29, 1.82) is 0 Å². The molecule has 5 heteroatoms. The van der Waals surface area contributed by atoms with Crippen LogP contribution in [0.5, 0.6) is 0 Å². The first-order valence-electron chi connectivity index (χ1n) is 7.09. The second kappa shape index (κ2) is 5.37. The fourth-order valence-electron chi connectivity index (χ4n) is 2.80. The van der Waals surface area contributed by atoms with E-state index in [0.717, 1.165) is 19.3 Å². The van der Waals surface area contributed by atoms with Crippen LogP contribution >= 0.6 is 0 Å². The topological polar surface area (TPSA) is 63.4 Å². The zero-order valence-electron chi connectivity index (χ0n) is 12.5. The number of aryl methyl sites for hydroxylation is 1. The molecule has 1 aromatic rings. The molecule has 1 fully saturated rings. The molecule has 112 valence electrons. The molecular formula is C15H24N2O2S. The lowest BCUT2D eigenvalue weighted by Gasteiger charge is -2.24. The van der Waals surface area contributed by atoms with Crippen molar-refractivity contribution >= 4 is 15.7 Å². The third-order valence-corrected chi connectivity index (χ3v) is 6.26. The van der Waals surface area contributed by atoms with Crippen molar-refractivity contribution in [3.63, 3.8) is 0 Å². The van der Waals surface area contributed by atoms with Gasteiger partial charge in [0.25, 0.3) is 0 Å². The number of rotatable bonds is 2. The third kappa shape index (κ3) is 2.99.